The molecule has 140 valence electrons. The summed E-state index contributed by atoms with van der Waals surface area (Å²) < 4.78 is 0. The van der Waals surface area contributed by atoms with Gasteiger partial charge in [0.05, 0.1) is 0 Å². The highest BCUT2D eigenvalue weighted by Gasteiger charge is 2.46. The molecule has 3 aliphatic heterocycles. The lowest BCUT2D eigenvalue weighted by atomic mass is 10.00. The third kappa shape index (κ3) is 3.57. The van der Waals surface area contributed by atoms with Crippen LogP contribution in [0, 0.1) is 11.8 Å². The van der Waals surface area contributed by atoms with Gasteiger partial charge in [-0.1, -0.05) is 13.3 Å². The fourth-order valence-electron chi connectivity index (χ4n) is 5.07. The first-order chi connectivity index (χ1) is 12.1. The van der Waals surface area contributed by atoms with E-state index in [9.17, 15) is 9.59 Å². The van der Waals surface area contributed by atoms with Crippen molar-refractivity contribution >= 4 is 11.8 Å². The predicted molar refractivity (Wildman–Crippen MR) is 97.0 cm³/mol. The number of nitrogens with zero attached hydrogens (tertiary/aromatic N) is 3. The van der Waals surface area contributed by atoms with Crippen molar-refractivity contribution in [2.75, 3.05) is 32.7 Å². The Morgan fingerprint density at radius 2 is 1.56 bits per heavy atom. The summed E-state index contributed by atoms with van der Waals surface area (Å²) in [7, 11) is 0. The van der Waals surface area contributed by atoms with Crippen LogP contribution in [0.5, 0.6) is 0 Å². The molecule has 1 saturated carbocycles. The average Bonchev–Trinajstić information content (AvgIpc) is 3.19. The molecule has 3 saturated heterocycles. The molecule has 4 aliphatic rings. The van der Waals surface area contributed by atoms with Crippen LogP contribution < -0.4 is 0 Å². The maximum absolute atomic E-state index is 13.2. The molecule has 0 radical (unpaired) electrons. The minimum absolute atomic E-state index is 0.186. The molecule has 3 heterocycles. The van der Waals surface area contributed by atoms with E-state index in [1.807, 2.05) is 4.90 Å². The summed E-state index contributed by atoms with van der Waals surface area (Å²) in [6.45, 7) is 7.06. The molecule has 0 unspecified atom stereocenters. The summed E-state index contributed by atoms with van der Waals surface area (Å²) in [5, 5.41) is 0. The maximum atomic E-state index is 13.2. The monoisotopic (exact) mass is 347 g/mol. The molecule has 25 heavy (non-hydrogen) atoms. The van der Waals surface area contributed by atoms with Crippen molar-refractivity contribution in [2.45, 2.75) is 70.4 Å². The summed E-state index contributed by atoms with van der Waals surface area (Å²) in [5.74, 6) is 1.17. The highest BCUT2D eigenvalue weighted by Crippen LogP contribution is 2.40. The lowest BCUT2D eigenvalue weighted by molar-refractivity contribution is -0.148. The van der Waals surface area contributed by atoms with Crippen molar-refractivity contribution < 1.29 is 9.59 Å². The van der Waals surface area contributed by atoms with E-state index in [1.165, 1.54) is 32.4 Å². The van der Waals surface area contributed by atoms with Crippen LogP contribution in [-0.4, -0.2) is 71.3 Å². The molecular formula is C20H33N3O2. The fourth-order valence-corrected chi connectivity index (χ4v) is 5.07. The van der Waals surface area contributed by atoms with E-state index in [0.29, 0.717) is 12.0 Å². The molecule has 0 spiro atoms. The smallest absolute Gasteiger partial charge is 0.245 e. The first-order valence-electron chi connectivity index (χ1n) is 10.5. The van der Waals surface area contributed by atoms with Crippen LogP contribution in [0.15, 0.2) is 0 Å². The van der Waals surface area contributed by atoms with Gasteiger partial charge in [-0.05, 0) is 64.0 Å². The van der Waals surface area contributed by atoms with Gasteiger partial charge in [0.25, 0.3) is 0 Å². The summed E-state index contributed by atoms with van der Waals surface area (Å²) in [6, 6.07) is 0.356. The Balaban J connectivity index is 1.38. The summed E-state index contributed by atoms with van der Waals surface area (Å²) in [4.78, 5) is 32.5. The van der Waals surface area contributed by atoms with Crippen molar-refractivity contribution in [3.63, 3.8) is 0 Å². The van der Waals surface area contributed by atoms with Crippen LogP contribution in [0.25, 0.3) is 0 Å². The Morgan fingerprint density at radius 3 is 2.28 bits per heavy atom. The lowest BCUT2D eigenvalue weighted by Crippen LogP contribution is -2.53. The van der Waals surface area contributed by atoms with E-state index in [1.54, 1.807) is 0 Å². The van der Waals surface area contributed by atoms with Crippen molar-refractivity contribution in [3.8, 4) is 0 Å². The van der Waals surface area contributed by atoms with E-state index in [0.717, 1.165) is 51.7 Å². The molecule has 0 aromatic heterocycles. The van der Waals surface area contributed by atoms with Crippen LogP contribution in [0.1, 0.15) is 58.3 Å². The van der Waals surface area contributed by atoms with Crippen molar-refractivity contribution in [3.05, 3.63) is 0 Å². The second-order valence-electron chi connectivity index (χ2n) is 8.69. The zero-order chi connectivity index (χ0) is 17.4. The van der Waals surface area contributed by atoms with Crippen molar-refractivity contribution in [1.82, 2.24) is 14.7 Å². The summed E-state index contributed by atoms with van der Waals surface area (Å²) in [6.07, 6.45) is 9.05. The van der Waals surface area contributed by atoms with Gasteiger partial charge in [0.1, 0.15) is 6.04 Å². The van der Waals surface area contributed by atoms with E-state index in [2.05, 4.69) is 16.7 Å². The van der Waals surface area contributed by atoms with Crippen LogP contribution in [0.3, 0.4) is 0 Å². The van der Waals surface area contributed by atoms with Gasteiger partial charge in [-0.15, -0.1) is 0 Å². The lowest BCUT2D eigenvalue weighted by Gasteiger charge is -2.37. The second kappa shape index (κ2) is 7.26. The quantitative estimate of drug-likeness (QED) is 0.785. The maximum Gasteiger partial charge on any atom is 0.245 e. The Bertz CT molecular complexity index is 517. The summed E-state index contributed by atoms with van der Waals surface area (Å²) >= 11 is 0. The number of rotatable bonds is 3. The van der Waals surface area contributed by atoms with Gasteiger partial charge in [-0.25, -0.2) is 0 Å². The average molecular weight is 348 g/mol. The van der Waals surface area contributed by atoms with Gasteiger partial charge >= 0.3 is 0 Å². The standard InChI is InChI=1S/C20H33N3O2/c1-15-13-17(15)19(24)23-11-6-3-7-18(23)20(25)22-12-8-16(14-22)21-9-4-2-5-10-21/h15-18H,2-14H2,1H3/t15-,16-,17+,18-/m1/s1. The number of carbonyl (C=O) groups excluding carboxylic acids is 2. The molecule has 1 aliphatic carbocycles. The van der Waals surface area contributed by atoms with Crippen LogP contribution >= 0.6 is 0 Å². The highest BCUT2D eigenvalue weighted by molar-refractivity contribution is 5.90. The zero-order valence-electron chi connectivity index (χ0n) is 15.7. The van der Waals surface area contributed by atoms with Gasteiger partial charge < -0.3 is 9.80 Å². The van der Waals surface area contributed by atoms with Gasteiger partial charge in [0.2, 0.25) is 11.8 Å². The molecule has 5 nitrogen and oxygen atoms in total. The van der Waals surface area contributed by atoms with Gasteiger partial charge in [-0.3, -0.25) is 14.5 Å². The molecule has 2 amide bonds. The van der Waals surface area contributed by atoms with E-state index < -0.39 is 0 Å². The highest BCUT2D eigenvalue weighted by atomic mass is 16.2. The van der Waals surface area contributed by atoms with Crippen LogP contribution in [-0.2, 0) is 9.59 Å². The number of likely N-dealkylation sites (tertiary alicyclic amines) is 3. The number of hydrogen-bond acceptors (Lipinski definition) is 3. The third-order valence-electron chi connectivity index (χ3n) is 6.88. The normalized spacial score (nSPS) is 36.5. The molecule has 0 N–H and O–H groups in total. The Hall–Kier alpha value is -1.10. The molecule has 0 bridgehead atoms. The first-order valence-corrected chi connectivity index (χ1v) is 10.5. The van der Waals surface area contributed by atoms with Crippen LogP contribution in [0.2, 0.25) is 0 Å². The summed E-state index contributed by atoms with van der Waals surface area (Å²) in [5.41, 5.74) is 0. The van der Waals surface area contributed by atoms with Crippen molar-refractivity contribution in [2.24, 2.45) is 11.8 Å². The van der Waals surface area contributed by atoms with Gasteiger partial charge in [0, 0.05) is 31.6 Å². The minimum Gasteiger partial charge on any atom is -0.339 e. The largest absolute Gasteiger partial charge is 0.339 e. The molecular weight excluding hydrogens is 314 g/mol. The Labute approximate surface area is 151 Å². The fraction of sp³-hybridized carbons (Fsp3) is 0.900. The van der Waals surface area contributed by atoms with Gasteiger partial charge in [-0.2, -0.15) is 0 Å². The van der Waals surface area contributed by atoms with E-state index in [4.69, 9.17) is 0 Å². The SMILES string of the molecule is C[C@@H]1C[C@@H]1C(=O)N1CCCC[C@@H]1C(=O)N1CC[C@@H](N2CCCCC2)C1. The van der Waals surface area contributed by atoms with Crippen LogP contribution in [0.4, 0.5) is 0 Å². The number of amides is 2. The van der Waals surface area contributed by atoms with E-state index in [-0.39, 0.29) is 23.8 Å². The minimum atomic E-state index is -0.186. The number of hydrogen-bond donors (Lipinski definition) is 0. The van der Waals surface area contributed by atoms with E-state index >= 15 is 0 Å². The molecule has 4 rings (SSSR count). The predicted octanol–water partition coefficient (Wildman–Crippen LogP) is 2.11. The first kappa shape index (κ1) is 17.3. The molecule has 4 atom stereocenters. The molecule has 0 aromatic carbocycles. The molecule has 4 fully saturated rings. The molecule has 5 heteroatoms. The third-order valence-corrected chi connectivity index (χ3v) is 6.88. The Kier molecular flexibility index (Phi) is 5.03. The Morgan fingerprint density at radius 1 is 0.840 bits per heavy atom. The van der Waals surface area contributed by atoms with Crippen molar-refractivity contribution in [1.29, 1.82) is 0 Å². The van der Waals surface area contributed by atoms with Gasteiger partial charge in [0.15, 0.2) is 0 Å². The molecule has 0 aromatic rings. The second-order valence-corrected chi connectivity index (χ2v) is 8.69. The zero-order valence-corrected chi connectivity index (χ0v) is 15.7. The number of carbonyl (C=O) groups is 2. The number of piperidine rings is 2. The topological polar surface area (TPSA) is 43.9 Å².